The van der Waals surface area contributed by atoms with Crippen LogP contribution in [0.5, 0.6) is 0 Å². The highest BCUT2D eigenvalue weighted by atomic mass is 16.5. The van der Waals surface area contributed by atoms with Crippen molar-refractivity contribution in [2.24, 2.45) is 34.2 Å². The molecule has 1 amide bonds. The van der Waals surface area contributed by atoms with Crippen LogP contribution in [-0.4, -0.2) is 173 Å². The van der Waals surface area contributed by atoms with Crippen LogP contribution < -0.4 is 22.2 Å². The molecule has 3 aliphatic carbocycles. The number of nitrogens with zero attached hydrogens (tertiary/aromatic N) is 7. The Labute approximate surface area is 357 Å². The van der Waals surface area contributed by atoms with Gasteiger partial charge in [-0.1, -0.05) is 6.92 Å². The monoisotopic (exact) mass is 826 g/mol. The number of rotatable bonds is 8. The third kappa shape index (κ3) is 9.99. The van der Waals surface area contributed by atoms with Crippen LogP contribution in [0.2, 0.25) is 0 Å². The molecule has 6 aliphatic heterocycles. The van der Waals surface area contributed by atoms with Crippen molar-refractivity contribution in [1.29, 1.82) is 5.26 Å². The summed E-state index contributed by atoms with van der Waals surface area (Å²) in [6, 6.07) is 7.29. The molecule has 0 aromatic heterocycles. The molecule has 9 rings (SSSR count). The molecule has 0 aromatic carbocycles. The normalized spacial score (nSPS) is 37.1. The van der Waals surface area contributed by atoms with E-state index in [2.05, 4.69) is 104 Å². The Morgan fingerprint density at radius 1 is 0.966 bits per heavy atom. The summed E-state index contributed by atoms with van der Waals surface area (Å²) in [4.78, 5) is 26.5. The zero-order chi connectivity index (χ0) is 43.0. The number of morpholine rings is 1. The Morgan fingerprint density at radius 2 is 1.66 bits per heavy atom. The number of amidine groups is 1. The number of fused-ring (bicyclic) bond motifs is 4. The van der Waals surface area contributed by atoms with E-state index in [1.54, 1.807) is 0 Å². The summed E-state index contributed by atoms with van der Waals surface area (Å²) in [5.41, 5.74) is 15.7. The maximum absolute atomic E-state index is 11.8. The van der Waals surface area contributed by atoms with Gasteiger partial charge in [-0.15, -0.1) is 0 Å². The number of carbonyl (C=O) groups is 1. The fourth-order valence-corrected chi connectivity index (χ4v) is 12.0. The smallest absolute Gasteiger partial charge is 0.236 e. The SMILES string of the molecule is CC(C)(C)N1CC2CC(OCCC#N)C1C2N.CC(C)N1CC2(CNCCO2)C1.CC(N)=NC1C2CCC1N(C(C)C)C2.CCC(=O)N1NC2C3C[C@H]1C2N(C(C)C)C3. The van der Waals surface area contributed by atoms with Gasteiger partial charge in [-0.3, -0.25) is 34.4 Å². The van der Waals surface area contributed by atoms with Crippen LogP contribution in [0.4, 0.5) is 0 Å². The van der Waals surface area contributed by atoms with Crippen molar-refractivity contribution in [3.05, 3.63) is 0 Å². The minimum atomic E-state index is 0.147. The van der Waals surface area contributed by atoms with E-state index in [1.165, 1.54) is 32.4 Å². The number of ether oxygens (including phenoxy) is 2. The van der Waals surface area contributed by atoms with E-state index >= 15 is 0 Å². The van der Waals surface area contributed by atoms with E-state index in [-0.39, 0.29) is 29.2 Å². The van der Waals surface area contributed by atoms with Gasteiger partial charge in [0.05, 0.1) is 55.8 Å². The molecule has 6 N–H and O–H groups in total. The second-order valence-corrected chi connectivity index (χ2v) is 21.0. The number of amides is 1. The van der Waals surface area contributed by atoms with Crippen LogP contribution in [0.3, 0.4) is 0 Å². The number of nitrogens with one attached hydrogen (secondary N) is 2. The summed E-state index contributed by atoms with van der Waals surface area (Å²) in [5.74, 6) is 3.09. The number of nitriles is 1. The van der Waals surface area contributed by atoms with Gasteiger partial charge in [0.1, 0.15) is 5.60 Å². The highest BCUT2D eigenvalue weighted by Crippen LogP contribution is 2.46. The summed E-state index contributed by atoms with van der Waals surface area (Å²) >= 11 is 0. The molecule has 11 atom stereocenters. The highest BCUT2D eigenvalue weighted by molar-refractivity contribution is 5.77. The van der Waals surface area contributed by atoms with E-state index in [0.717, 1.165) is 63.4 Å². The third-order valence-electron chi connectivity index (χ3n) is 15.0. The molecule has 14 nitrogen and oxygen atoms in total. The van der Waals surface area contributed by atoms with Crippen LogP contribution in [-0.2, 0) is 14.3 Å². The van der Waals surface area contributed by atoms with Crippen molar-refractivity contribution in [2.45, 2.75) is 192 Å². The molecular weight excluding hydrogens is 743 g/mol. The zero-order valence-electron chi connectivity index (χ0n) is 38.7. The van der Waals surface area contributed by atoms with Gasteiger partial charge < -0.3 is 26.3 Å². The van der Waals surface area contributed by atoms with Gasteiger partial charge in [0, 0.05) is 100 Å². The van der Waals surface area contributed by atoms with E-state index in [0.29, 0.717) is 79.7 Å². The van der Waals surface area contributed by atoms with Crippen LogP contribution in [0.15, 0.2) is 4.99 Å². The molecule has 336 valence electrons. The molecule has 9 fully saturated rings. The second-order valence-electron chi connectivity index (χ2n) is 21.0. The second kappa shape index (κ2) is 19.2. The molecular formula is C45H83N11O3. The van der Waals surface area contributed by atoms with E-state index in [9.17, 15) is 4.79 Å². The van der Waals surface area contributed by atoms with Gasteiger partial charge in [-0.2, -0.15) is 5.26 Å². The number of hydrogen-bond donors (Lipinski definition) is 4. The molecule has 6 saturated heterocycles. The summed E-state index contributed by atoms with van der Waals surface area (Å²) in [6.45, 7) is 33.3. The average molecular weight is 826 g/mol. The Balaban J connectivity index is 0.000000133. The van der Waals surface area contributed by atoms with Crippen LogP contribution in [0.25, 0.3) is 0 Å². The third-order valence-corrected chi connectivity index (χ3v) is 15.0. The fourth-order valence-electron chi connectivity index (χ4n) is 12.0. The lowest BCUT2D eigenvalue weighted by Crippen LogP contribution is -2.70. The molecule has 8 bridgehead atoms. The van der Waals surface area contributed by atoms with E-state index in [4.69, 9.17) is 26.2 Å². The largest absolute Gasteiger partial charge is 0.388 e. The van der Waals surface area contributed by atoms with Crippen molar-refractivity contribution in [3.8, 4) is 6.07 Å². The first-order chi connectivity index (χ1) is 27.9. The predicted octanol–water partition coefficient (Wildman–Crippen LogP) is 3.01. The van der Waals surface area contributed by atoms with Crippen LogP contribution in [0, 0.1) is 29.1 Å². The number of nitrogens with two attached hydrogens (primary N) is 2. The van der Waals surface area contributed by atoms with Crippen molar-refractivity contribution in [1.82, 2.24) is 35.4 Å². The van der Waals surface area contributed by atoms with E-state index < -0.39 is 0 Å². The van der Waals surface area contributed by atoms with Gasteiger partial charge >= 0.3 is 0 Å². The van der Waals surface area contributed by atoms with Crippen molar-refractivity contribution in [2.75, 3.05) is 59.0 Å². The minimum absolute atomic E-state index is 0.147. The summed E-state index contributed by atoms with van der Waals surface area (Å²) in [6.07, 6.45) is 6.21. The number of carbonyl (C=O) groups excluding carboxylic acids is 1. The summed E-state index contributed by atoms with van der Waals surface area (Å²) in [5, 5.41) is 13.8. The topological polar surface area (TPSA) is 164 Å². The van der Waals surface area contributed by atoms with Crippen LogP contribution in [0.1, 0.15) is 115 Å². The molecule has 3 saturated carbocycles. The van der Waals surface area contributed by atoms with E-state index in [1.807, 2.05) is 18.9 Å². The molecule has 0 radical (unpaired) electrons. The molecule has 1 spiro atoms. The molecule has 6 heterocycles. The lowest BCUT2D eigenvalue weighted by atomic mass is 9.91. The Kier molecular flexibility index (Phi) is 15.2. The number of hydrazine groups is 1. The number of hydrogen-bond acceptors (Lipinski definition) is 12. The predicted molar refractivity (Wildman–Crippen MR) is 236 cm³/mol. The Bertz CT molecular complexity index is 1460. The number of piperidine rings is 3. The maximum Gasteiger partial charge on any atom is 0.236 e. The quantitative estimate of drug-likeness (QED) is 0.161. The van der Waals surface area contributed by atoms with Gasteiger partial charge in [0.15, 0.2) is 0 Å². The molecule has 10 unspecified atom stereocenters. The standard InChI is InChI=1S/C13H23N3O.C12H21N3O.C11H21N3.C9H18N2O/c1-13(2,3)16-8-9-7-10(12(16)11(9)15)17-6-4-5-14;1-4-10(16)15-9-5-8-6-14(7(2)3)12(9)11(8)13-15;1-7(2)14-6-9-4-5-10(14)11(9)13-8(3)12;1-8(2)11-6-9(7-11)5-10-3-4-12-9/h9-12H,4,6-8,15H2,1-3H3;7-9,11-13H,4-6H2,1-3H3;7,9-11H,4-6H2,1-3H3,(H2,12,13);8,10H,3-7H2,1-2H3/t;8?,9-,11?,12?;;/m.0../s1. The molecule has 0 aromatic rings. The van der Waals surface area contributed by atoms with Crippen molar-refractivity contribution in [3.63, 3.8) is 0 Å². The lowest BCUT2D eigenvalue weighted by Gasteiger charge is -2.53. The van der Waals surface area contributed by atoms with Crippen molar-refractivity contribution >= 4 is 11.7 Å². The number of aliphatic imine (C=N–C) groups is 1. The Morgan fingerprint density at radius 3 is 2.20 bits per heavy atom. The van der Waals surface area contributed by atoms with Crippen molar-refractivity contribution < 1.29 is 14.3 Å². The lowest BCUT2D eigenvalue weighted by molar-refractivity contribution is -0.164. The summed E-state index contributed by atoms with van der Waals surface area (Å²) in [7, 11) is 0. The maximum atomic E-state index is 11.8. The highest BCUT2D eigenvalue weighted by Gasteiger charge is 2.61. The fraction of sp³-hybridized carbons (Fsp3) is 0.933. The van der Waals surface area contributed by atoms with Gasteiger partial charge in [0.25, 0.3) is 0 Å². The average Bonchev–Trinajstić information content (AvgIpc) is 4.06. The Hall–Kier alpha value is -1.93. The van der Waals surface area contributed by atoms with Gasteiger partial charge in [-0.25, -0.2) is 5.43 Å². The van der Waals surface area contributed by atoms with Crippen LogP contribution >= 0.6 is 0 Å². The first-order valence-electron chi connectivity index (χ1n) is 23.4. The first kappa shape index (κ1) is 46.6. The molecule has 14 heteroatoms. The van der Waals surface area contributed by atoms with Gasteiger partial charge in [0.2, 0.25) is 5.91 Å². The first-order valence-corrected chi connectivity index (χ1v) is 23.4. The molecule has 59 heavy (non-hydrogen) atoms. The summed E-state index contributed by atoms with van der Waals surface area (Å²) < 4.78 is 11.6. The minimum Gasteiger partial charge on any atom is -0.388 e. The number of likely N-dealkylation sites (tertiary alicyclic amines) is 4. The zero-order valence-corrected chi connectivity index (χ0v) is 38.7. The molecule has 9 aliphatic rings. The van der Waals surface area contributed by atoms with Gasteiger partial charge in [-0.05, 0) is 113 Å².